The molecule has 2 aromatic rings. The normalized spacial score (nSPS) is 14.5. The van der Waals surface area contributed by atoms with E-state index in [9.17, 15) is 18.0 Å². The number of aryl methyl sites for hydroxylation is 1. The second kappa shape index (κ2) is 7.58. The number of hydrogen-bond acceptors (Lipinski definition) is 3. The van der Waals surface area contributed by atoms with E-state index in [0.717, 1.165) is 43.2 Å². The van der Waals surface area contributed by atoms with Crippen molar-refractivity contribution in [3.05, 3.63) is 58.9 Å². The van der Waals surface area contributed by atoms with Gasteiger partial charge in [0.1, 0.15) is 5.69 Å². The quantitative estimate of drug-likeness (QED) is 0.798. The number of amides is 1. The Labute approximate surface area is 156 Å². The van der Waals surface area contributed by atoms with Crippen LogP contribution in [0.25, 0.3) is 0 Å². The minimum atomic E-state index is -4.52. The van der Waals surface area contributed by atoms with Crippen molar-refractivity contribution in [1.29, 1.82) is 0 Å². The maximum Gasteiger partial charge on any atom is 0.433 e. The monoisotopic (exact) mass is 377 g/mol. The first-order valence-electron chi connectivity index (χ1n) is 8.90. The average Bonchev–Trinajstić information content (AvgIpc) is 3.15. The van der Waals surface area contributed by atoms with Gasteiger partial charge in [-0.1, -0.05) is 18.2 Å². The Bertz CT molecular complexity index is 829. The van der Waals surface area contributed by atoms with Crippen molar-refractivity contribution < 1.29 is 18.0 Å². The average molecular weight is 377 g/mol. The Balaban J connectivity index is 1.79. The Morgan fingerprint density at radius 2 is 1.81 bits per heavy atom. The number of anilines is 1. The van der Waals surface area contributed by atoms with E-state index in [1.165, 1.54) is 17.9 Å². The van der Waals surface area contributed by atoms with Gasteiger partial charge >= 0.3 is 6.18 Å². The summed E-state index contributed by atoms with van der Waals surface area (Å²) in [5.41, 5.74) is 1.40. The van der Waals surface area contributed by atoms with Crippen molar-refractivity contribution in [3.63, 3.8) is 0 Å². The van der Waals surface area contributed by atoms with Gasteiger partial charge in [-0.25, -0.2) is 4.98 Å². The molecule has 1 amide bonds. The van der Waals surface area contributed by atoms with Crippen molar-refractivity contribution in [2.45, 2.75) is 32.5 Å². The highest BCUT2D eigenvalue weighted by Gasteiger charge is 2.33. The molecule has 144 valence electrons. The van der Waals surface area contributed by atoms with Gasteiger partial charge in [-0.05, 0) is 43.5 Å². The minimum absolute atomic E-state index is 0.0782. The molecule has 1 fully saturated rings. The van der Waals surface area contributed by atoms with Gasteiger partial charge in [0.05, 0.1) is 11.3 Å². The van der Waals surface area contributed by atoms with Gasteiger partial charge in [0.25, 0.3) is 5.91 Å². The van der Waals surface area contributed by atoms with Crippen LogP contribution in [-0.2, 0) is 12.7 Å². The number of aromatic nitrogens is 1. The molecule has 3 rings (SSSR count). The zero-order valence-electron chi connectivity index (χ0n) is 15.4. The third kappa shape index (κ3) is 4.23. The largest absolute Gasteiger partial charge is 0.433 e. The summed E-state index contributed by atoms with van der Waals surface area (Å²) in [6.45, 7) is 3.80. The van der Waals surface area contributed by atoms with Crippen LogP contribution in [0.1, 0.15) is 40.2 Å². The number of rotatable bonds is 4. The maximum atomic E-state index is 12.8. The number of carbonyl (C=O) groups excluding carboxylic acids is 1. The highest BCUT2D eigenvalue weighted by atomic mass is 19.4. The number of alkyl halides is 3. The molecule has 1 saturated heterocycles. The van der Waals surface area contributed by atoms with E-state index in [0.29, 0.717) is 6.54 Å². The molecule has 0 bridgehead atoms. The Kier molecular flexibility index (Phi) is 5.39. The van der Waals surface area contributed by atoms with Crippen LogP contribution in [0.3, 0.4) is 0 Å². The number of nitrogens with zero attached hydrogens (tertiary/aromatic N) is 3. The molecule has 0 N–H and O–H groups in total. The summed E-state index contributed by atoms with van der Waals surface area (Å²) in [6, 6.07) is 9.99. The van der Waals surface area contributed by atoms with Gasteiger partial charge in [-0.3, -0.25) is 4.79 Å². The van der Waals surface area contributed by atoms with Crippen molar-refractivity contribution in [2.24, 2.45) is 0 Å². The van der Waals surface area contributed by atoms with Gasteiger partial charge in [0.15, 0.2) is 0 Å². The van der Waals surface area contributed by atoms with E-state index in [-0.39, 0.29) is 17.2 Å². The van der Waals surface area contributed by atoms with Gasteiger partial charge in [0.2, 0.25) is 0 Å². The smallest absolute Gasteiger partial charge is 0.371 e. The molecule has 0 aliphatic carbocycles. The lowest BCUT2D eigenvalue weighted by atomic mass is 10.1. The summed E-state index contributed by atoms with van der Waals surface area (Å²) in [6.07, 6.45) is -2.22. The predicted octanol–water partition coefficient (Wildman–Crippen LogP) is 4.28. The molecule has 27 heavy (non-hydrogen) atoms. The summed E-state index contributed by atoms with van der Waals surface area (Å²) in [7, 11) is 1.65. The maximum absolute atomic E-state index is 12.8. The molecule has 0 saturated carbocycles. The lowest BCUT2D eigenvalue weighted by molar-refractivity contribution is -0.141. The highest BCUT2D eigenvalue weighted by molar-refractivity contribution is 5.95. The fourth-order valence-corrected chi connectivity index (χ4v) is 3.39. The summed E-state index contributed by atoms with van der Waals surface area (Å²) in [5, 5.41) is 0. The van der Waals surface area contributed by atoms with Crippen LogP contribution < -0.4 is 4.90 Å². The predicted molar refractivity (Wildman–Crippen MR) is 97.7 cm³/mol. The second-order valence-corrected chi connectivity index (χ2v) is 6.81. The lowest BCUT2D eigenvalue weighted by Crippen LogP contribution is -2.29. The van der Waals surface area contributed by atoms with Crippen molar-refractivity contribution in [3.8, 4) is 0 Å². The number of pyridine rings is 1. The standard InChI is InChI=1S/C20H22F3N3O/c1-14-16(9-10-18(24-14)20(21,22)23)19(27)25(2)13-15-7-3-4-8-17(15)26-11-5-6-12-26/h3-4,7-10H,5-6,11-13H2,1-2H3. The summed E-state index contributed by atoms with van der Waals surface area (Å²) < 4.78 is 38.3. The molecule has 1 aromatic heterocycles. The molecule has 1 aliphatic heterocycles. The highest BCUT2D eigenvalue weighted by Crippen LogP contribution is 2.29. The number of para-hydroxylation sites is 1. The van der Waals surface area contributed by atoms with Crippen LogP contribution in [0.2, 0.25) is 0 Å². The van der Waals surface area contributed by atoms with Gasteiger partial charge in [-0.15, -0.1) is 0 Å². The topological polar surface area (TPSA) is 36.4 Å². The molecular formula is C20H22F3N3O. The van der Waals surface area contributed by atoms with Crippen LogP contribution in [0, 0.1) is 6.92 Å². The molecule has 2 heterocycles. The zero-order valence-corrected chi connectivity index (χ0v) is 15.4. The fourth-order valence-electron chi connectivity index (χ4n) is 3.39. The van der Waals surface area contributed by atoms with Crippen LogP contribution in [0.15, 0.2) is 36.4 Å². The second-order valence-electron chi connectivity index (χ2n) is 6.81. The van der Waals surface area contributed by atoms with Gasteiger partial charge in [0, 0.05) is 32.4 Å². The zero-order chi connectivity index (χ0) is 19.6. The first kappa shape index (κ1) is 19.2. The number of carbonyl (C=O) groups is 1. The minimum Gasteiger partial charge on any atom is -0.371 e. The van der Waals surface area contributed by atoms with Crippen molar-refractivity contribution >= 4 is 11.6 Å². The third-order valence-electron chi connectivity index (χ3n) is 4.80. The summed E-state index contributed by atoms with van der Waals surface area (Å²) in [5.74, 6) is -0.343. The molecular weight excluding hydrogens is 355 g/mol. The number of hydrogen-bond donors (Lipinski definition) is 0. The Morgan fingerprint density at radius 1 is 1.15 bits per heavy atom. The fraction of sp³-hybridized carbons (Fsp3) is 0.400. The van der Waals surface area contributed by atoms with Gasteiger partial charge in [-0.2, -0.15) is 13.2 Å². The van der Waals surface area contributed by atoms with E-state index in [1.54, 1.807) is 7.05 Å². The van der Waals surface area contributed by atoms with Crippen LogP contribution in [-0.4, -0.2) is 35.9 Å². The lowest BCUT2D eigenvalue weighted by Gasteiger charge is -2.25. The van der Waals surface area contributed by atoms with Crippen LogP contribution in [0.4, 0.5) is 18.9 Å². The summed E-state index contributed by atoms with van der Waals surface area (Å²) >= 11 is 0. The molecule has 4 nitrogen and oxygen atoms in total. The first-order chi connectivity index (χ1) is 12.8. The van der Waals surface area contributed by atoms with E-state index < -0.39 is 11.9 Å². The molecule has 7 heteroatoms. The SMILES string of the molecule is Cc1nc(C(F)(F)F)ccc1C(=O)N(C)Cc1ccccc1N1CCCC1. The summed E-state index contributed by atoms with van der Waals surface area (Å²) in [4.78, 5) is 20.1. The Hall–Kier alpha value is -2.57. The van der Waals surface area contributed by atoms with E-state index in [4.69, 9.17) is 0 Å². The van der Waals surface area contributed by atoms with Gasteiger partial charge < -0.3 is 9.80 Å². The van der Waals surface area contributed by atoms with Crippen molar-refractivity contribution in [2.75, 3.05) is 25.0 Å². The number of benzene rings is 1. The first-order valence-corrected chi connectivity index (χ1v) is 8.90. The molecule has 1 aliphatic rings. The third-order valence-corrected chi connectivity index (χ3v) is 4.80. The molecule has 0 unspecified atom stereocenters. The number of halogens is 3. The van der Waals surface area contributed by atoms with E-state index in [1.807, 2.05) is 24.3 Å². The van der Waals surface area contributed by atoms with Crippen LogP contribution >= 0.6 is 0 Å². The Morgan fingerprint density at radius 3 is 2.44 bits per heavy atom. The molecule has 0 radical (unpaired) electrons. The molecule has 0 atom stereocenters. The van der Waals surface area contributed by atoms with Crippen LogP contribution in [0.5, 0.6) is 0 Å². The van der Waals surface area contributed by atoms with E-state index in [2.05, 4.69) is 9.88 Å². The van der Waals surface area contributed by atoms with Crippen molar-refractivity contribution in [1.82, 2.24) is 9.88 Å². The van der Waals surface area contributed by atoms with E-state index >= 15 is 0 Å². The molecule has 1 aromatic carbocycles. The molecule has 0 spiro atoms.